The van der Waals surface area contributed by atoms with Gasteiger partial charge in [0.2, 0.25) is 0 Å². The summed E-state index contributed by atoms with van der Waals surface area (Å²) in [7, 11) is 0. The van der Waals surface area contributed by atoms with Gasteiger partial charge in [0.05, 0.1) is 0 Å². The van der Waals surface area contributed by atoms with Crippen molar-refractivity contribution in [3.63, 3.8) is 0 Å². The Balaban J connectivity index is 1.62. The van der Waals surface area contributed by atoms with Gasteiger partial charge in [-0.25, -0.2) is 0 Å². The predicted octanol–water partition coefficient (Wildman–Crippen LogP) is 3.10. The van der Waals surface area contributed by atoms with Gasteiger partial charge in [0.25, 0.3) is 5.91 Å². The minimum absolute atomic E-state index is 0.0982. The van der Waals surface area contributed by atoms with Crippen LogP contribution in [0.1, 0.15) is 29.9 Å². The first-order valence-corrected chi connectivity index (χ1v) is 9.34. The Morgan fingerprint density at radius 1 is 1.08 bits per heavy atom. The van der Waals surface area contributed by atoms with E-state index in [1.165, 1.54) is 11.3 Å². The van der Waals surface area contributed by atoms with Gasteiger partial charge in [-0.2, -0.15) is 0 Å². The number of benzene rings is 1. The van der Waals surface area contributed by atoms with Crippen molar-refractivity contribution in [2.24, 2.45) is 5.92 Å². The average molecular weight is 352 g/mol. The summed E-state index contributed by atoms with van der Waals surface area (Å²) in [5.41, 5.74) is 4.13. The van der Waals surface area contributed by atoms with E-state index >= 15 is 0 Å². The number of hydrogen-bond acceptors (Lipinski definition) is 4. The Morgan fingerprint density at radius 3 is 2.35 bits per heavy atom. The normalized spacial score (nSPS) is 14.6. The lowest BCUT2D eigenvalue weighted by atomic mass is 10.2. The Labute approximate surface area is 156 Å². The van der Waals surface area contributed by atoms with Gasteiger partial charge in [0, 0.05) is 50.3 Å². The third-order valence-electron chi connectivity index (χ3n) is 4.66. The van der Waals surface area contributed by atoms with Gasteiger partial charge in [-0.05, 0) is 42.7 Å². The lowest BCUT2D eigenvalue weighted by Crippen LogP contribution is -2.46. The molecule has 1 amide bonds. The number of rotatable bonds is 5. The first-order chi connectivity index (χ1) is 12.5. The van der Waals surface area contributed by atoms with Crippen LogP contribution in [0, 0.1) is 12.8 Å². The minimum Gasteiger partial charge on any atom is -0.368 e. The lowest BCUT2D eigenvalue weighted by molar-refractivity contribution is 0.0944. The van der Waals surface area contributed by atoms with Crippen LogP contribution in [-0.2, 0) is 0 Å². The summed E-state index contributed by atoms with van der Waals surface area (Å²) in [4.78, 5) is 21.2. The maximum Gasteiger partial charge on any atom is 0.269 e. The largest absolute Gasteiger partial charge is 0.368 e. The van der Waals surface area contributed by atoms with Gasteiger partial charge in [-0.3, -0.25) is 9.78 Å². The highest BCUT2D eigenvalue weighted by Gasteiger charge is 2.19. The van der Waals surface area contributed by atoms with E-state index < -0.39 is 0 Å². The highest BCUT2D eigenvalue weighted by atomic mass is 16.1. The third kappa shape index (κ3) is 4.54. The molecule has 0 atom stereocenters. The quantitative estimate of drug-likeness (QED) is 0.898. The molecular formula is C21H28N4O. The number of nitrogens with one attached hydrogen (secondary N) is 1. The van der Waals surface area contributed by atoms with E-state index in [0.717, 1.165) is 31.9 Å². The van der Waals surface area contributed by atoms with Crippen LogP contribution in [0.5, 0.6) is 0 Å². The molecule has 0 unspecified atom stereocenters. The minimum atomic E-state index is -0.0982. The van der Waals surface area contributed by atoms with E-state index in [2.05, 4.69) is 65.1 Å². The molecule has 2 aromatic rings. The van der Waals surface area contributed by atoms with Crippen LogP contribution in [0.15, 0.2) is 42.6 Å². The first-order valence-electron chi connectivity index (χ1n) is 9.34. The lowest BCUT2D eigenvalue weighted by Gasteiger charge is -2.37. The number of hydrogen-bond donors (Lipinski definition) is 1. The maximum atomic E-state index is 12.3. The molecule has 0 spiro atoms. The zero-order valence-electron chi connectivity index (χ0n) is 15.9. The highest BCUT2D eigenvalue weighted by Crippen LogP contribution is 2.21. The van der Waals surface area contributed by atoms with Crippen molar-refractivity contribution in [1.29, 1.82) is 0 Å². The van der Waals surface area contributed by atoms with Crippen molar-refractivity contribution in [3.05, 3.63) is 53.9 Å². The summed E-state index contributed by atoms with van der Waals surface area (Å²) in [6, 6.07) is 12.5. The van der Waals surface area contributed by atoms with E-state index in [9.17, 15) is 4.79 Å². The standard InChI is InChI=1S/C21H28N4O/c1-16(2)15-23-21(26)20-14-19(7-8-22-20)25-11-9-24(10-12-25)18-6-4-5-17(3)13-18/h4-8,13-14,16H,9-12,15H2,1-3H3,(H,23,26). The molecule has 1 fully saturated rings. The molecule has 1 aromatic heterocycles. The monoisotopic (exact) mass is 352 g/mol. The van der Waals surface area contributed by atoms with Crippen molar-refractivity contribution in [2.45, 2.75) is 20.8 Å². The van der Waals surface area contributed by atoms with Gasteiger partial charge >= 0.3 is 0 Å². The van der Waals surface area contributed by atoms with Gasteiger partial charge in [0.15, 0.2) is 0 Å². The number of nitrogens with zero attached hydrogens (tertiary/aromatic N) is 3. The number of carbonyl (C=O) groups is 1. The molecule has 0 radical (unpaired) electrons. The van der Waals surface area contributed by atoms with Crippen LogP contribution < -0.4 is 15.1 Å². The van der Waals surface area contributed by atoms with Crippen LogP contribution in [0.2, 0.25) is 0 Å². The fraction of sp³-hybridized carbons (Fsp3) is 0.429. The smallest absolute Gasteiger partial charge is 0.269 e. The molecule has 26 heavy (non-hydrogen) atoms. The van der Waals surface area contributed by atoms with E-state index in [1.807, 2.05) is 12.1 Å². The van der Waals surface area contributed by atoms with E-state index in [-0.39, 0.29) is 5.91 Å². The molecule has 138 valence electrons. The second-order valence-corrected chi connectivity index (χ2v) is 7.32. The third-order valence-corrected chi connectivity index (χ3v) is 4.66. The summed E-state index contributed by atoms with van der Waals surface area (Å²) in [6.07, 6.45) is 1.73. The summed E-state index contributed by atoms with van der Waals surface area (Å²) in [6.45, 7) is 10.8. The fourth-order valence-corrected chi connectivity index (χ4v) is 3.18. The number of piperazine rings is 1. The highest BCUT2D eigenvalue weighted by molar-refractivity contribution is 5.93. The van der Waals surface area contributed by atoms with Crippen molar-refractivity contribution in [2.75, 3.05) is 42.5 Å². The van der Waals surface area contributed by atoms with Gasteiger partial charge in [-0.1, -0.05) is 26.0 Å². The molecule has 0 aliphatic carbocycles. The number of carbonyl (C=O) groups excluding carboxylic acids is 1. The molecule has 2 heterocycles. The number of anilines is 2. The summed E-state index contributed by atoms with van der Waals surface area (Å²) in [5.74, 6) is 0.329. The molecular weight excluding hydrogens is 324 g/mol. The van der Waals surface area contributed by atoms with Gasteiger partial charge in [0.1, 0.15) is 5.69 Å². The molecule has 5 heteroatoms. The zero-order valence-corrected chi connectivity index (χ0v) is 15.9. The predicted molar refractivity (Wildman–Crippen MR) is 107 cm³/mol. The van der Waals surface area contributed by atoms with Crippen molar-refractivity contribution in [1.82, 2.24) is 10.3 Å². The van der Waals surface area contributed by atoms with Gasteiger partial charge in [-0.15, -0.1) is 0 Å². The number of amides is 1. The molecule has 1 aromatic carbocycles. The van der Waals surface area contributed by atoms with E-state index in [1.54, 1.807) is 6.20 Å². The summed E-state index contributed by atoms with van der Waals surface area (Å²) >= 11 is 0. The number of aromatic nitrogens is 1. The summed E-state index contributed by atoms with van der Waals surface area (Å²) < 4.78 is 0. The molecule has 1 N–H and O–H groups in total. The van der Waals surface area contributed by atoms with Crippen LogP contribution >= 0.6 is 0 Å². The maximum absolute atomic E-state index is 12.3. The van der Waals surface area contributed by atoms with Crippen LogP contribution in [0.25, 0.3) is 0 Å². The van der Waals surface area contributed by atoms with Crippen molar-refractivity contribution < 1.29 is 4.79 Å². The van der Waals surface area contributed by atoms with Crippen molar-refractivity contribution >= 4 is 17.3 Å². The second-order valence-electron chi connectivity index (χ2n) is 7.32. The second kappa shape index (κ2) is 8.21. The topological polar surface area (TPSA) is 48.5 Å². The number of aryl methyl sites for hydroxylation is 1. The molecule has 0 bridgehead atoms. The molecule has 5 nitrogen and oxygen atoms in total. The number of pyridine rings is 1. The van der Waals surface area contributed by atoms with Crippen LogP contribution in [0.3, 0.4) is 0 Å². The Kier molecular flexibility index (Phi) is 5.76. The van der Waals surface area contributed by atoms with E-state index in [4.69, 9.17) is 0 Å². The van der Waals surface area contributed by atoms with Crippen molar-refractivity contribution in [3.8, 4) is 0 Å². The first kappa shape index (κ1) is 18.2. The van der Waals surface area contributed by atoms with Crippen LogP contribution in [-0.4, -0.2) is 43.6 Å². The molecule has 1 aliphatic heterocycles. The SMILES string of the molecule is Cc1cccc(N2CCN(c3ccnc(C(=O)NCC(C)C)c3)CC2)c1. The molecule has 3 rings (SSSR count). The molecule has 1 aliphatic rings. The zero-order chi connectivity index (χ0) is 18.5. The Hall–Kier alpha value is -2.56. The van der Waals surface area contributed by atoms with Gasteiger partial charge < -0.3 is 15.1 Å². The van der Waals surface area contributed by atoms with E-state index in [0.29, 0.717) is 18.2 Å². The van der Waals surface area contributed by atoms with Crippen LogP contribution in [0.4, 0.5) is 11.4 Å². The molecule has 0 saturated carbocycles. The Morgan fingerprint density at radius 2 is 1.73 bits per heavy atom. The fourth-order valence-electron chi connectivity index (χ4n) is 3.18. The Bertz CT molecular complexity index is 751. The molecule has 1 saturated heterocycles. The summed E-state index contributed by atoms with van der Waals surface area (Å²) in [5, 5.41) is 2.93. The average Bonchev–Trinajstić information content (AvgIpc) is 2.66.